The average Bonchev–Trinajstić information content (AvgIpc) is 3.26. The highest BCUT2D eigenvalue weighted by atomic mass is 35.5. The minimum Gasteiger partial charge on any atom is -0.503 e. The maximum atomic E-state index is 13.6. The molecule has 1 atom stereocenters. The van der Waals surface area contributed by atoms with Gasteiger partial charge in [0.25, 0.3) is 0 Å². The zero-order chi connectivity index (χ0) is 20.0. The second kappa shape index (κ2) is 9.53. The Labute approximate surface area is 168 Å². The van der Waals surface area contributed by atoms with Gasteiger partial charge in [0.1, 0.15) is 6.54 Å². The monoisotopic (exact) mass is 407 g/mol. The molecule has 1 aliphatic rings. The Hall–Kier alpha value is -2.38. The number of hydrogen-bond acceptors (Lipinski definition) is 5. The number of nitrogens with one attached hydrogen (secondary N) is 1. The molecule has 0 saturated carbocycles. The molecule has 1 aromatic rings. The molecule has 144 valence electrons. The molecule has 8 heteroatoms. The van der Waals surface area contributed by atoms with Crippen LogP contribution < -0.4 is 5.32 Å². The van der Waals surface area contributed by atoms with Gasteiger partial charge in [0, 0.05) is 6.20 Å². The number of ether oxygens (including phenoxy) is 1. The fourth-order valence-electron chi connectivity index (χ4n) is 2.99. The van der Waals surface area contributed by atoms with Crippen molar-refractivity contribution in [1.29, 1.82) is 0 Å². The van der Waals surface area contributed by atoms with Gasteiger partial charge < -0.3 is 4.74 Å². The summed E-state index contributed by atoms with van der Waals surface area (Å²) in [5, 5.41) is 3.15. The zero-order valence-corrected chi connectivity index (χ0v) is 17.3. The Balaban J connectivity index is 2.56. The molecule has 0 aliphatic carbocycles. The standard InChI is InChI=1S/C19H23ClN4O2S/c1-6-9-13(7-2)14(12-26-5)17(25)24-15(16-10-22-18(20)27-16)11-23(8-3)19(24)21-4/h6-7,9-10,12,15H,1-2,8,11H2,3-5H3/p+1/b13-9+,14-12+. The third-order valence-corrected chi connectivity index (χ3v) is 5.39. The van der Waals surface area contributed by atoms with Gasteiger partial charge in [0.05, 0.1) is 37.4 Å². The minimum absolute atomic E-state index is 0.208. The van der Waals surface area contributed by atoms with Crippen molar-refractivity contribution in [1.82, 2.24) is 15.2 Å². The van der Waals surface area contributed by atoms with Crippen molar-refractivity contribution >= 4 is 34.8 Å². The number of hydrogen-bond donors (Lipinski definition) is 1. The highest BCUT2D eigenvalue weighted by molar-refractivity contribution is 7.15. The topological polar surface area (TPSA) is 57.5 Å². The summed E-state index contributed by atoms with van der Waals surface area (Å²) >= 11 is 7.41. The number of methoxy groups -OCH3 is 1. The van der Waals surface area contributed by atoms with Crippen molar-refractivity contribution in [3.05, 3.63) is 64.3 Å². The lowest BCUT2D eigenvalue weighted by molar-refractivity contribution is -0.519. The van der Waals surface area contributed by atoms with Crippen LogP contribution in [0.2, 0.25) is 4.47 Å². The number of guanidine groups is 1. The molecule has 0 saturated heterocycles. The minimum atomic E-state index is -0.209. The second-order valence-electron chi connectivity index (χ2n) is 5.65. The van der Waals surface area contributed by atoms with Crippen LogP contribution in [0.1, 0.15) is 17.8 Å². The maximum absolute atomic E-state index is 13.6. The summed E-state index contributed by atoms with van der Waals surface area (Å²) in [6, 6.07) is -0.208. The predicted octanol–water partition coefficient (Wildman–Crippen LogP) is 3.12. The maximum Gasteiger partial charge on any atom is 0.356 e. The van der Waals surface area contributed by atoms with Gasteiger partial charge in [0.2, 0.25) is 0 Å². The molecule has 6 nitrogen and oxygen atoms in total. The predicted molar refractivity (Wildman–Crippen MR) is 110 cm³/mol. The third kappa shape index (κ3) is 4.31. The summed E-state index contributed by atoms with van der Waals surface area (Å²) in [7, 11) is 3.31. The van der Waals surface area contributed by atoms with E-state index in [1.807, 2.05) is 6.92 Å². The van der Waals surface area contributed by atoms with Crippen LogP contribution in [0, 0.1) is 0 Å². The van der Waals surface area contributed by atoms with E-state index in [9.17, 15) is 4.79 Å². The second-order valence-corrected chi connectivity index (χ2v) is 7.29. The molecule has 0 radical (unpaired) electrons. The molecule has 0 aromatic carbocycles. The van der Waals surface area contributed by atoms with E-state index >= 15 is 0 Å². The molecule has 27 heavy (non-hydrogen) atoms. The van der Waals surface area contributed by atoms with Gasteiger partial charge in [-0.2, -0.15) is 4.90 Å². The number of aromatic nitrogens is 1. The molecule has 0 bridgehead atoms. The molecule has 1 aliphatic heterocycles. The van der Waals surface area contributed by atoms with Gasteiger partial charge in [0.15, 0.2) is 10.5 Å². The lowest BCUT2D eigenvalue weighted by Crippen LogP contribution is -2.44. The van der Waals surface area contributed by atoms with Gasteiger partial charge >= 0.3 is 11.9 Å². The first kappa shape index (κ1) is 20.9. The Kier molecular flexibility index (Phi) is 7.38. The average molecular weight is 408 g/mol. The van der Waals surface area contributed by atoms with Crippen LogP contribution in [-0.4, -0.2) is 53.6 Å². The van der Waals surface area contributed by atoms with Gasteiger partial charge in [-0.05, 0) is 12.5 Å². The SMILES string of the molecule is C=C/C=C(C=C)/C(=C\OC)C(=O)N1C(NC)=[N+](CC)CC1c1cnc(Cl)s1. The number of amides is 1. The van der Waals surface area contributed by atoms with Crippen LogP contribution in [0.5, 0.6) is 0 Å². The number of nitrogens with zero attached hydrogens (tertiary/aromatic N) is 3. The molecular formula is C19H24ClN4O2S+. The molecular weight excluding hydrogens is 384 g/mol. The smallest absolute Gasteiger partial charge is 0.356 e. The highest BCUT2D eigenvalue weighted by Crippen LogP contribution is 2.33. The number of likely N-dealkylation sites (N-methyl/N-ethyl adjacent to an activating group) is 1. The van der Waals surface area contributed by atoms with Crippen LogP contribution in [0.3, 0.4) is 0 Å². The van der Waals surface area contributed by atoms with E-state index in [0.717, 1.165) is 17.4 Å². The summed E-state index contributed by atoms with van der Waals surface area (Å²) in [5.74, 6) is 0.515. The summed E-state index contributed by atoms with van der Waals surface area (Å²) in [6.07, 6.45) is 8.09. The number of carbonyl (C=O) groups excluding carboxylic acids is 1. The summed E-state index contributed by atoms with van der Waals surface area (Å²) in [4.78, 5) is 20.3. The van der Waals surface area contributed by atoms with Gasteiger partial charge in [-0.25, -0.2) is 4.98 Å². The quantitative estimate of drug-likeness (QED) is 0.326. The van der Waals surface area contributed by atoms with Crippen molar-refractivity contribution < 1.29 is 14.1 Å². The Morgan fingerprint density at radius 3 is 2.81 bits per heavy atom. The van der Waals surface area contributed by atoms with Gasteiger partial charge in [-0.3, -0.25) is 14.7 Å². The van der Waals surface area contributed by atoms with E-state index in [1.54, 1.807) is 36.4 Å². The molecule has 1 amide bonds. The lowest BCUT2D eigenvalue weighted by Gasteiger charge is -2.20. The van der Waals surface area contributed by atoms with Gasteiger partial charge in [-0.15, -0.1) is 11.3 Å². The van der Waals surface area contributed by atoms with E-state index in [-0.39, 0.29) is 11.9 Å². The number of thiazole rings is 1. The first-order valence-electron chi connectivity index (χ1n) is 8.45. The van der Waals surface area contributed by atoms with Crippen LogP contribution in [0.25, 0.3) is 0 Å². The molecule has 0 spiro atoms. The summed E-state index contributed by atoms with van der Waals surface area (Å²) in [5.41, 5.74) is 1.02. The lowest BCUT2D eigenvalue weighted by atomic mass is 10.0. The molecule has 2 rings (SSSR count). The first-order chi connectivity index (χ1) is 13.0. The number of carbonyl (C=O) groups is 1. The van der Waals surface area contributed by atoms with Crippen LogP contribution in [-0.2, 0) is 9.53 Å². The molecule has 1 unspecified atom stereocenters. The molecule has 1 N–H and O–H groups in total. The van der Waals surface area contributed by atoms with Crippen molar-refractivity contribution in [3.63, 3.8) is 0 Å². The Morgan fingerprint density at radius 1 is 1.59 bits per heavy atom. The molecule has 0 fully saturated rings. The Bertz CT molecular complexity index is 825. The molecule has 1 aromatic heterocycles. The normalized spacial score (nSPS) is 17.9. The highest BCUT2D eigenvalue weighted by Gasteiger charge is 2.45. The van der Waals surface area contributed by atoms with Gasteiger partial charge in [-0.1, -0.05) is 43.0 Å². The van der Waals surface area contributed by atoms with Crippen LogP contribution in [0.4, 0.5) is 0 Å². The van der Waals surface area contributed by atoms with Crippen molar-refractivity contribution in [2.45, 2.75) is 13.0 Å². The summed E-state index contributed by atoms with van der Waals surface area (Å²) in [6.45, 7) is 10.9. The van der Waals surface area contributed by atoms with Crippen LogP contribution >= 0.6 is 22.9 Å². The van der Waals surface area contributed by atoms with Crippen LogP contribution in [0.15, 0.2) is 55.0 Å². The van der Waals surface area contributed by atoms with Crippen molar-refractivity contribution in [3.8, 4) is 0 Å². The van der Waals surface area contributed by atoms with Crippen molar-refractivity contribution in [2.75, 3.05) is 27.2 Å². The fraction of sp³-hybridized carbons (Fsp3) is 0.316. The zero-order valence-electron chi connectivity index (χ0n) is 15.7. The number of allylic oxidation sites excluding steroid dienone is 3. The fourth-order valence-corrected chi connectivity index (χ4v) is 4.03. The Morgan fingerprint density at radius 2 is 2.33 bits per heavy atom. The first-order valence-corrected chi connectivity index (χ1v) is 9.64. The van der Waals surface area contributed by atoms with E-state index < -0.39 is 0 Å². The van der Waals surface area contributed by atoms with E-state index in [2.05, 4.69) is 28.0 Å². The van der Waals surface area contributed by atoms with E-state index in [1.165, 1.54) is 24.7 Å². The number of rotatable bonds is 7. The van der Waals surface area contributed by atoms with Crippen molar-refractivity contribution in [2.24, 2.45) is 0 Å². The summed E-state index contributed by atoms with van der Waals surface area (Å²) < 4.78 is 7.73. The van der Waals surface area contributed by atoms with E-state index in [0.29, 0.717) is 22.2 Å². The molecule has 2 heterocycles. The van der Waals surface area contributed by atoms with E-state index in [4.69, 9.17) is 16.3 Å². The third-order valence-electron chi connectivity index (χ3n) is 4.18. The largest absolute Gasteiger partial charge is 0.503 e. The number of halogens is 1.